The highest BCUT2D eigenvalue weighted by atomic mass is 16.5. The molecule has 4 nitrogen and oxygen atoms in total. The van der Waals surface area contributed by atoms with Gasteiger partial charge in [-0.25, -0.2) is 0 Å². The molecular weight excluding hydrogens is 340 g/mol. The second kappa shape index (κ2) is 6.01. The van der Waals surface area contributed by atoms with Crippen LogP contribution in [0.4, 0.5) is 0 Å². The number of carbonyl (C=O) groups is 1. The molecule has 1 heterocycles. The first kappa shape index (κ1) is 19.3. The lowest BCUT2D eigenvalue weighted by atomic mass is 9.73. The van der Waals surface area contributed by atoms with Gasteiger partial charge < -0.3 is 14.9 Å². The van der Waals surface area contributed by atoms with E-state index < -0.39 is 11.4 Å². The molecular formula is C23H28O4. The summed E-state index contributed by atoms with van der Waals surface area (Å²) in [6.45, 7) is 11.8. The molecule has 0 saturated carbocycles. The van der Waals surface area contributed by atoms with Crippen LogP contribution >= 0.6 is 0 Å². The van der Waals surface area contributed by atoms with Crippen LogP contribution in [0.15, 0.2) is 36.4 Å². The SMILES string of the molecule is CC1(C)CC(C)(C)c2cc(-c3ccc(C(C)(C)C(=O)O)cc3)cc(O)c2O1. The molecule has 0 aromatic heterocycles. The summed E-state index contributed by atoms with van der Waals surface area (Å²) in [5.41, 5.74) is 2.15. The van der Waals surface area contributed by atoms with E-state index in [2.05, 4.69) is 19.9 Å². The van der Waals surface area contributed by atoms with Crippen LogP contribution in [-0.4, -0.2) is 21.8 Å². The number of phenols is 1. The van der Waals surface area contributed by atoms with Gasteiger partial charge in [0.25, 0.3) is 0 Å². The van der Waals surface area contributed by atoms with E-state index in [1.54, 1.807) is 19.9 Å². The minimum Gasteiger partial charge on any atom is -0.504 e. The van der Waals surface area contributed by atoms with Crippen LogP contribution in [0.3, 0.4) is 0 Å². The summed E-state index contributed by atoms with van der Waals surface area (Å²) in [6, 6.07) is 11.3. The highest BCUT2D eigenvalue weighted by Crippen LogP contribution is 2.50. The van der Waals surface area contributed by atoms with Crippen LogP contribution in [0.1, 0.15) is 59.1 Å². The average molecular weight is 368 g/mol. The zero-order chi connectivity index (χ0) is 20.2. The Hall–Kier alpha value is -2.49. The van der Waals surface area contributed by atoms with Crippen LogP contribution in [-0.2, 0) is 15.6 Å². The van der Waals surface area contributed by atoms with Gasteiger partial charge in [0.1, 0.15) is 5.60 Å². The topological polar surface area (TPSA) is 66.8 Å². The minimum absolute atomic E-state index is 0.129. The van der Waals surface area contributed by atoms with E-state index in [1.165, 1.54) is 0 Å². The van der Waals surface area contributed by atoms with E-state index in [1.807, 2.05) is 38.1 Å². The molecule has 0 spiro atoms. The highest BCUT2D eigenvalue weighted by Gasteiger charge is 2.40. The van der Waals surface area contributed by atoms with Crippen molar-refractivity contribution in [3.05, 3.63) is 47.5 Å². The number of hydrogen-bond acceptors (Lipinski definition) is 3. The lowest BCUT2D eigenvalue weighted by Crippen LogP contribution is -2.41. The van der Waals surface area contributed by atoms with Gasteiger partial charge in [-0.05, 0) is 68.4 Å². The molecule has 0 radical (unpaired) electrons. The maximum atomic E-state index is 11.5. The maximum absolute atomic E-state index is 11.5. The second-order valence-electron chi connectivity index (χ2n) is 9.30. The Morgan fingerprint density at radius 2 is 1.63 bits per heavy atom. The Labute approximate surface area is 160 Å². The number of hydrogen-bond donors (Lipinski definition) is 2. The number of fused-ring (bicyclic) bond motifs is 1. The molecule has 27 heavy (non-hydrogen) atoms. The van der Waals surface area contributed by atoms with Gasteiger partial charge in [-0.15, -0.1) is 0 Å². The third-order valence-corrected chi connectivity index (χ3v) is 5.52. The smallest absolute Gasteiger partial charge is 0.313 e. The minimum atomic E-state index is -0.946. The lowest BCUT2D eigenvalue weighted by Gasteiger charge is -2.42. The van der Waals surface area contributed by atoms with E-state index in [0.717, 1.165) is 28.7 Å². The molecule has 3 rings (SSSR count). The van der Waals surface area contributed by atoms with E-state index in [4.69, 9.17) is 4.74 Å². The fourth-order valence-corrected chi connectivity index (χ4v) is 4.06. The van der Waals surface area contributed by atoms with Gasteiger partial charge in [-0.3, -0.25) is 4.79 Å². The summed E-state index contributed by atoms with van der Waals surface area (Å²) in [5, 5.41) is 20.0. The fraction of sp³-hybridized carbons (Fsp3) is 0.435. The van der Waals surface area contributed by atoms with Crippen molar-refractivity contribution < 1.29 is 19.7 Å². The van der Waals surface area contributed by atoms with Gasteiger partial charge in [0.15, 0.2) is 11.5 Å². The largest absolute Gasteiger partial charge is 0.504 e. The van der Waals surface area contributed by atoms with Crippen LogP contribution in [0.25, 0.3) is 11.1 Å². The first-order chi connectivity index (χ1) is 12.3. The second-order valence-corrected chi connectivity index (χ2v) is 9.30. The Bertz CT molecular complexity index is 889. The molecule has 2 aromatic rings. The van der Waals surface area contributed by atoms with Crippen molar-refractivity contribution in [2.45, 2.75) is 64.4 Å². The molecule has 0 saturated heterocycles. The normalized spacial score (nSPS) is 17.7. The van der Waals surface area contributed by atoms with Crippen LogP contribution in [0.2, 0.25) is 0 Å². The fourth-order valence-electron chi connectivity index (χ4n) is 4.06. The Balaban J connectivity index is 2.05. The van der Waals surface area contributed by atoms with Crippen molar-refractivity contribution in [2.75, 3.05) is 0 Å². The summed E-state index contributed by atoms with van der Waals surface area (Å²) in [6.07, 6.45) is 0.849. The molecule has 1 aliphatic heterocycles. The zero-order valence-corrected chi connectivity index (χ0v) is 16.9. The number of benzene rings is 2. The standard InChI is InChI=1S/C23H28O4/c1-21(2)13-22(3,4)27-19-17(21)11-15(12-18(19)24)14-7-9-16(10-8-14)23(5,6)20(25)26/h7-12,24H,13H2,1-6H3,(H,25,26). The van der Waals surface area contributed by atoms with E-state index in [0.29, 0.717) is 5.75 Å². The van der Waals surface area contributed by atoms with Crippen molar-refractivity contribution in [3.63, 3.8) is 0 Å². The van der Waals surface area contributed by atoms with Gasteiger partial charge in [0.05, 0.1) is 5.41 Å². The Morgan fingerprint density at radius 1 is 1.04 bits per heavy atom. The molecule has 2 aromatic carbocycles. The highest BCUT2D eigenvalue weighted by molar-refractivity contribution is 5.81. The molecule has 0 bridgehead atoms. The van der Waals surface area contributed by atoms with Gasteiger partial charge in [0, 0.05) is 5.56 Å². The number of aliphatic carboxylic acids is 1. The number of phenolic OH excluding ortho intramolecular Hbond substituents is 1. The predicted octanol–water partition coefficient (Wildman–Crippen LogP) is 5.26. The van der Waals surface area contributed by atoms with Crippen molar-refractivity contribution >= 4 is 5.97 Å². The molecule has 0 atom stereocenters. The zero-order valence-electron chi connectivity index (χ0n) is 16.9. The third kappa shape index (κ3) is 3.41. The Kier molecular flexibility index (Phi) is 4.29. The predicted molar refractivity (Wildman–Crippen MR) is 107 cm³/mol. The molecule has 2 N–H and O–H groups in total. The van der Waals surface area contributed by atoms with Crippen LogP contribution in [0.5, 0.6) is 11.5 Å². The van der Waals surface area contributed by atoms with Gasteiger partial charge in [-0.2, -0.15) is 0 Å². The summed E-state index contributed by atoms with van der Waals surface area (Å²) >= 11 is 0. The maximum Gasteiger partial charge on any atom is 0.313 e. The van der Waals surface area contributed by atoms with E-state index in [9.17, 15) is 15.0 Å². The summed E-state index contributed by atoms with van der Waals surface area (Å²) in [5.74, 6) is -0.162. The van der Waals surface area contributed by atoms with Crippen LogP contribution < -0.4 is 4.74 Å². The molecule has 0 aliphatic carbocycles. The summed E-state index contributed by atoms with van der Waals surface area (Å²) < 4.78 is 6.05. The lowest BCUT2D eigenvalue weighted by molar-refractivity contribution is -0.142. The summed E-state index contributed by atoms with van der Waals surface area (Å²) in [7, 11) is 0. The number of carboxylic acid groups (broad SMARTS) is 1. The van der Waals surface area contributed by atoms with Crippen molar-refractivity contribution in [3.8, 4) is 22.6 Å². The van der Waals surface area contributed by atoms with E-state index >= 15 is 0 Å². The van der Waals surface area contributed by atoms with E-state index in [-0.39, 0.29) is 16.8 Å². The number of ether oxygens (including phenoxy) is 1. The molecule has 4 heteroatoms. The van der Waals surface area contributed by atoms with Gasteiger partial charge in [-0.1, -0.05) is 38.1 Å². The average Bonchev–Trinajstić information content (AvgIpc) is 2.54. The first-order valence-corrected chi connectivity index (χ1v) is 9.24. The summed E-state index contributed by atoms with van der Waals surface area (Å²) in [4.78, 5) is 11.5. The Morgan fingerprint density at radius 3 is 2.19 bits per heavy atom. The monoisotopic (exact) mass is 368 g/mol. The molecule has 0 fully saturated rings. The van der Waals surface area contributed by atoms with Crippen LogP contribution in [0, 0.1) is 0 Å². The molecule has 0 amide bonds. The van der Waals surface area contributed by atoms with Crippen molar-refractivity contribution in [1.29, 1.82) is 0 Å². The number of carboxylic acids is 1. The molecule has 1 aliphatic rings. The van der Waals surface area contributed by atoms with Gasteiger partial charge >= 0.3 is 5.97 Å². The quantitative estimate of drug-likeness (QED) is 0.775. The van der Waals surface area contributed by atoms with Gasteiger partial charge in [0.2, 0.25) is 0 Å². The molecule has 144 valence electrons. The first-order valence-electron chi connectivity index (χ1n) is 9.24. The number of rotatable bonds is 3. The molecule has 0 unspecified atom stereocenters. The van der Waals surface area contributed by atoms with Crippen molar-refractivity contribution in [1.82, 2.24) is 0 Å². The number of aromatic hydroxyl groups is 1. The van der Waals surface area contributed by atoms with Crippen molar-refractivity contribution in [2.24, 2.45) is 0 Å². The third-order valence-electron chi connectivity index (χ3n) is 5.52.